The number of amides is 2. The molecule has 3 N–H and O–H groups in total. The molecule has 0 aliphatic heterocycles. The maximum Gasteiger partial charge on any atom is 0.329 e. The fourth-order valence-corrected chi connectivity index (χ4v) is 3.79. The van der Waals surface area contributed by atoms with E-state index in [0.717, 1.165) is 24.1 Å². The van der Waals surface area contributed by atoms with Gasteiger partial charge in [0.05, 0.1) is 10.9 Å². The number of thiophene rings is 1. The Balaban J connectivity index is 1.97. The number of nitrogens with one attached hydrogen (secondary N) is 2. The molecule has 2 rings (SSSR count). The number of carbonyl (C=O) groups is 2. The Morgan fingerprint density at radius 1 is 1.48 bits per heavy atom. The highest BCUT2D eigenvalue weighted by Crippen LogP contribution is 2.33. The first-order valence-electron chi connectivity index (χ1n) is 6.97. The minimum atomic E-state index is -1.16. The molecule has 1 aliphatic carbocycles. The van der Waals surface area contributed by atoms with Gasteiger partial charge in [0.1, 0.15) is 5.54 Å². The van der Waals surface area contributed by atoms with Crippen molar-refractivity contribution in [2.45, 2.75) is 44.7 Å². The standard InChI is InChI=1S/C14H19ClN2O3S/c1-9-4-2-3-7-14(9,12(18)19)17-13(20)16-8-10-5-6-11(15)21-10/h5-6,9H,2-4,7-8H2,1H3,(H,18,19)(H2,16,17,20). The number of hydrogen-bond donors (Lipinski definition) is 3. The van der Waals surface area contributed by atoms with Gasteiger partial charge in [0.2, 0.25) is 0 Å². The molecule has 2 amide bonds. The number of urea groups is 1. The zero-order valence-electron chi connectivity index (χ0n) is 11.8. The van der Waals surface area contributed by atoms with Crippen LogP contribution in [0.3, 0.4) is 0 Å². The molecular formula is C14H19ClN2O3S. The summed E-state index contributed by atoms with van der Waals surface area (Å²) in [5.41, 5.74) is -1.16. The van der Waals surface area contributed by atoms with Gasteiger partial charge in [-0.3, -0.25) is 0 Å². The topological polar surface area (TPSA) is 78.4 Å². The summed E-state index contributed by atoms with van der Waals surface area (Å²) < 4.78 is 0.662. The van der Waals surface area contributed by atoms with E-state index >= 15 is 0 Å². The third kappa shape index (κ3) is 3.68. The number of carboxylic acid groups (broad SMARTS) is 1. The lowest BCUT2D eigenvalue weighted by molar-refractivity contribution is -0.148. The number of aliphatic carboxylic acids is 1. The van der Waals surface area contributed by atoms with Crippen LogP contribution in [-0.4, -0.2) is 22.6 Å². The van der Waals surface area contributed by atoms with Crippen molar-refractivity contribution in [3.8, 4) is 0 Å². The number of hydrogen-bond acceptors (Lipinski definition) is 3. The van der Waals surface area contributed by atoms with E-state index in [1.807, 2.05) is 13.0 Å². The van der Waals surface area contributed by atoms with Crippen molar-refractivity contribution < 1.29 is 14.7 Å². The maximum absolute atomic E-state index is 12.0. The van der Waals surface area contributed by atoms with Crippen molar-refractivity contribution in [3.05, 3.63) is 21.3 Å². The van der Waals surface area contributed by atoms with Crippen LogP contribution in [0.1, 0.15) is 37.5 Å². The van der Waals surface area contributed by atoms with Crippen molar-refractivity contribution in [2.24, 2.45) is 5.92 Å². The second-order valence-corrected chi connectivity index (χ2v) is 7.24. The van der Waals surface area contributed by atoms with Crippen molar-refractivity contribution in [3.63, 3.8) is 0 Å². The van der Waals surface area contributed by atoms with E-state index in [9.17, 15) is 14.7 Å². The highest BCUT2D eigenvalue weighted by atomic mass is 35.5. The summed E-state index contributed by atoms with van der Waals surface area (Å²) in [4.78, 5) is 24.6. The molecule has 1 aromatic heterocycles. The third-order valence-electron chi connectivity index (χ3n) is 4.07. The van der Waals surface area contributed by atoms with Crippen LogP contribution in [0.25, 0.3) is 0 Å². The van der Waals surface area contributed by atoms with Gasteiger partial charge in [0.25, 0.3) is 0 Å². The van der Waals surface area contributed by atoms with Crippen LogP contribution in [0.4, 0.5) is 4.79 Å². The molecule has 0 spiro atoms. The molecule has 1 fully saturated rings. The normalized spacial score (nSPS) is 25.3. The molecule has 21 heavy (non-hydrogen) atoms. The number of halogens is 1. The number of rotatable bonds is 4. The summed E-state index contributed by atoms with van der Waals surface area (Å²) in [6.07, 6.45) is 3.11. The van der Waals surface area contributed by atoms with Crippen LogP contribution < -0.4 is 10.6 Å². The Kier molecular flexibility index (Phi) is 5.11. The Bertz CT molecular complexity index is 534. The fourth-order valence-electron chi connectivity index (χ4n) is 2.76. The summed E-state index contributed by atoms with van der Waals surface area (Å²) in [6.45, 7) is 2.22. The third-order valence-corrected chi connectivity index (χ3v) is 5.30. The zero-order chi connectivity index (χ0) is 15.5. The Morgan fingerprint density at radius 2 is 2.24 bits per heavy atom. The average molecular weight is 331 g/mol. The monoisotopic (exact) mass is 330 g/mol. The van der Waals surface area contributed by atoms with Crippen LogP contribution in [0.15, 0.2) is 12.1 Å². The average Bonchev–Trinajstić information content (AvgIpc) is 2.85. The van der Waals surface area contributed by atoms with E-state index in [-0.39, 0.29) is 5.92 Å². The van der Waals surface area contributed by atoms with Crippen LogP contribution in [0.2, 0.25) is 4.34 Å². The van der Waals surface area contributed by atoms with Crippen LogP contribution in [0, 0.1) is 5.92 Å². The summed E-state index contributed by atoms with van der Waals surface area (Å²) >= 11 is 7.21. The van der Waals surface area contributed by atoms with Crippen molar-refractivity contribution in [1.29, 1.82) is 0 Å². The Hall–Kier alpha value is -1.27. The van der Waals surface area contributed by atoms with Gasteiger partial charge in [0.15, 0.2) is 0 Å². The molecule has 1 aromatic rings. The predicted octanol–water partition coefficient (Wildman–Crippen LogP) is 3.23. The van der Waals surface area contributed by atoms with Crippen molar-refractivity contribution >= 4 is 34.9 Å². The van der Waals surface area contributed by atoms with Crippen LogP contribution >= 0.6 is 22.9 Å². The quantitative estimate of drug-likeness (QED) is 0.793. The highest BCUT2D eigenvalue weighted by Gasteiger charge is 2.46. The molecule has 0 aromatic carbocycles. The first-order chi connectivity index (χ1) is 9.94. The van der Waals surface area contributed by atoms with Gasteiger partial charge >= 0.3 is 12.0 Å². The molecule has 2 atom stereocenters. The molecule has 0 saturated heterocycles. The SMILES string of the molecule is CC1CCCCC1(NC(=O)NCc1ccc(Cl)s1)C(=O)O. The molecule has 7 heteroatoms. The molecule has 5 nitrogen and oxygen atoms in total. The van der Waals surface area contributed by atoms with Crippen LogP contribution in [-0.2, 0) is 11.3 Å². The summed E-state index contributed by atoms with van der Waals surface area (Å²) in [6, 6.07) is 3.16. The van der Waals surface area contributed by atoms with Gasteiger partial charge in [-0.25, -0.2) is 9.59 Å². The largest absolute Gasteiger partial charge is 0.479 e. The summed E-state index contributed by atoms with van der Waals surface area (Å²) in [7, 11) is 0. The second kappa shape index (κ2) is 6.66. The predicted molar refractivity (Wildman–Crippen MR) is 82.7 cm³/mol. The lowest BCUT2D eigenvalue weighted by Gasteiger charge is -2.39. The van der Waals surface area contributed by atoms with Gasteiger partial charge in [-0.1, -0.05) is 31.4 Å². The first kappa shape index (κ1) is 16.1. The van der Waals surface area contributed by atoms with E-state index in [1.54, 1.807) is 6.07 Å². The molecule has 0 radical (unpaired) electrons. The van der Waals surface area contributed by atoms with Gasteiger partial charge in [-0.05, 0) is 30.9 Å². The van der Waals surface area contributed by atoms with Crippen molar-refractivity contribution in [2.75, 3.05) is 0 Å². The van der Waals surface area contributed by atoms with E-state index in [0.29, 0.717) is 17.3 Å². The van der Waals surface area contributed by atoms with E-state index in [1.165, 1.54) is 11.3 Å². The van der Waals surface area contributed by atoms with Gasteiger partial charge in [-0.2, -0.15) is 0 Å². The summed E-state index contributed by atoms with van der Waals surface area (Å²) in [5.74, 6) is -1.03. The minimum Gasteiger partial charge on any atom is -0.479 e. The Morgan fingerprint density at radius 3 is 2.81 bits per heavy atom. The van der Waals surface area contributed by atoms with E-state index in [4.69, 9.17) is 11.6 Å². The molecule has 1 heterocycles. The molecule has 2 unspecified atom stereocenters. The number of carbonyl (C=O) groups excluding carboxylic acids is 1. The fraction of sp³-hybridized carbons (Fsp3) is 0.571. The second-order valence-electron chi connectivity index (χ2n) is 5.44. The summed E-state index contributed by atoms with van der Waals surface area (Å²) in [5, 5.41) is 14.9. The highest BCUT2D eigenvalue weighted by molar-refractivity contribution is 7.16. The maximum atomic E-state index is 12.0. The van der Waals surface area contributed by atoms with Gasteiger partial charge < -0.3 is 15.7 Å². The lowest BCUT2D eigenvalue weighted by atomic mass is 9.73. The lowest BCUT2D eigenvalue weighted by Crippen LogP contribution is -2.61. The minimum absolute atomic E-state index is 0.0781. The first-order valence-corrected chi connectivity index (χ1v) is 8.17. The van der Waals surface area contributed by atoms with Crippen molar-refractivity contribution in [1.82, 2.24) is 10.6 Å². The molecule has 0 bridgehead atoms. The number of carboxylic acids is 1. The molecule has 1 saturated carbocycles. The molecule has 116 valence electrons. The van der Waals surface area contributed by atoms with E-state index in [2.05, 4.69) is 10.6 Å². The molecule has 1 aliphatic rings. The van der Waals surface area contributed by atoms with Crippen LogP contribution in [0.5, 0.6) is 0 Å². The molecular weight excluding hydrogens is 312 g/mol. The zero-order valence-corrected chi connectivity index (χ0v) is 13.4. The van der Waals surface area contributed by atoms with Gasteiger partial charge in [0, 0.05) is 4.88 Å². The smallest absolute Gasteiger partial charge is 0.329 e. The Labute approximate surface area is 132 Å². The van der Waals surface area contributed by atoms with Gasteiger partial charge in [-0.15, -0.1) is 11.3 Å². The van der Waals surface area contributed by atoms with E-state index < -0.39 is 17.5 Å².